The van der Waals surface area contributed by atoms with Gasteiger partial charge >= 0.3 is 5.97 Å². The first-order valence-corrected chi connectivity index (χ1v) is 6.88. The van der Waals surface area contributed by atoms with Gasteiger partial charge in [0.05, 0.1) is 5.92 Å². The summed E-state index contributed by atoms with van der Waals surface area (Å²) in [4.78, 5) is 12.1. The minimum atomic E-state index is -0.285. The standard InChI is InChI=1S/C17H21FO2/c1-11(2)9-14-15(17(14,3)4)16(19)20-10-12-5-7-13(18)8-6-12/h5-9,14-15H,10H2,1-4H3. The molecule has 1 aliphatic carbocycles. The first-order chi connectivity index (χ1) is 9.32. The maximum Gasteiger partial charge on any atom is 0.310 e. The lowest BCUT2D eigenvalue weighted by atomic mass is 10.1. The molecule has 20 heavy (non-hydrogen) atoms. The third-order valence-corrected chi connectivity index (χ3v) is 3.97. The molecule has 0 aromatic heterocycles. The van der Waals surface area contributed by atoms with E-state index in [0.717, 1.165) is 5.56 Å². The van der Waals surface area contributed by atoms with Crippen molar-refractivity contribution in [2.45, 2.75) is 34.3 Å². The lowest BCUT2D eigenvalue weighted by Gasteiger charge is -2.05. The number of esters is 1. The van der Waals surface area contributed by atoms with Crippen molar-refractivity contribution in [3.63, 3.8) is 0 Å². The van der Waals surface area contributed by atoms with Gasteiger partial charge in [-0.05, 0) is 42.9 Å². The molecule has 0 spiro atoms. The first kappa shape index (κ1) is 14.8. The van der Waals surface area contributed by atoms with Crippen molar-refractivity contribution in [3.05, 3.63) is 47.3 Å². The number of carbonyl (C=O) groups is 1. The smallest absolute Gasteiger partial charge is 0.310 e. The fraction of sp³-hybridized carbons (Fsp3) is 0.471. The van der Waals surface area contributed by atoms with Gasteiger partial charge in [-0.15, -0.1) is 0 Å². The summed E-state index contributed by atoms with van der Waals surface area (Å²) in [6, 6.07) is 6.01. The maximum absolute atomic E-state index is 12.8. The number of halogens is 1. The van der Waals surface area contributed by atoms with E-state index in [1.54, 1.807) is 12.1 Å². The number of allylic oxidation sites excluding steroid dienone is 2. The second-order valence-electron chi connectivity index (χ2n) is 6.30. The predicted octanol–water partition coefficient (Wildman–Crippen LogP) is 4.11. The minimum absolute atomic E-state index is 0.0306. The number of rotatable bonds is 4. The highest BCUT2D eigenvalue weighted by Crippen LogP contribution is 2.59. The average Bonchev–Trinajstić information content (AvgIpc) is 2.89. The van der Waals surface area contributed by atoms with Gasteiger partial charge in [-0.3, -0.25) is 4.79 Å². The zero-order valence-corrected chi connectivity index (χ0v) is 12.4. The van der Waals surface area contributed by atoms with Crippen molar-refractivity contribution in [2.75, 3.05) is 0 Å². The number of carbonyl (C=O) groups excluding carboxylic acids is 1. The van der Waals surface area contributed by atoms with Gasteiger partial charge in [-0.1, -0.05) is 37.6 Å². The summed E-state index contributed by atoms with van der Waals surface area (Å²) in [6.45, 7) is 8.44. The summed E-state index contributed by atoms with van der Waals surface area (Å²) in [5, 5.41) is 0. The molecular weight excluding hydrogens is 255 g/mol. The fourth-order valence-corrected chi connectivity index (χ4v) is 2.62. The summed E-state index contributed by atoms with van der Waals surface area (Å²) in [6.07, 6.45) is 2.14. The monoisotopic (exact) mass is 276 g/mol. The van der Waals surface area contributed by atoms with Gasteiger partial charge in [-0.25, -0.2) is 4.39 Å². The van der Waals surface area contributed by atoms with Crippen LogP contribution in [0.3, 0.4) is 0 Å². The van der Waals surface area contributed by atoms with Crippen LogP contribution in [0.4, 0.5) is 4.39 Å². The Morgan fingerprint density at radius 3 is 2.45 bits per heavy atom. The Bertz CT molecular complexity index is 524. The van der Waals surface area contributed by atoms with Crippen LogP contribution in [0.2, 0.25) is 0 Å². The van der Waals surface area contributed by atoms with Crippen LogP contribution in [0.15, 0.2) is 35.9 Å². The van der Waals surface area contributed by atoms with E-state index in [2.05, 4.69) is 19.9 Å². The van der Waals surface area contributed by atoms with E-state index in [-0.39, 0.29) is 35.6 Å². The molecular formula is C17H21FO2. The van der Waals surface area contributed by atoms with Crippen molar-refractivity contribution in [3.8, 4) is 0 Å². The normalized spacial score (nSPS) is 23.1. The van der Waals surface area contributed by atoms with Gasteiger partial charge in [0, 0.05) is 0 Å². The summed E-state index contributed by atoms with van der Waals surface area (Å²) < 4.78 is 18.1. The van der Waals surface area contributed by atoms with E-state index in [1.807, 2.05) is 13.8 Å². The molecule has 1 aliphatic rings. The van der Waals surface area contributed by atoms with Gasteiger partial charge in [-0.2, -0.15) is 0 Å². The molecule has 108 valence electrons. The first-order valence-electron chi connectivity index (χ1n) is 6.88. The zero-order chi connectivity index (χ0) is 14.9. The van der Waals surface area contributed by atoms with Crippen LogP contribution in [0.5, 0.6) is 0 Å². The molecule has 0 amide bonds. The topological polar surface area (TPSA) is 26.3 Å². The van der Waals surface area contributed by atoms with E-state index < -0.39 is 0 Å². The molecule has 1 aromatic rings. The van der Waals surface area contributed by atoms with E-state index in [1.165, 1.54) is 17.7 Å². The zero-order valence-electron chi connectivity index (χ0n) is 12.4. The van der Waals surface area contributed by atoms with Gasteiger partial charge in [0.25, 0.3) is 0 Å². The van der Waals surface area contributed by atoms with Gasteiger partial charge < -0.3 is 4.74 Å². The SMILES string of the molecule is CC(C)=CC1C(C(=O)OCc2ccc(F)cc2)C1(C)C. The summed E-state index contributed by atoms with van der Waals surface area (Å²) in [5.41, 5.74) is 1.99. The van der Waals surface area contributed by atoms with Crippen molar-refractivity contribution >= 4 is 5.97 Å². The maximum atomic E-state index is 12.8. The highest BCUT2D eigenvalue weighted by molar-refractivity contribution is 5.78. The molecule has 0 N–H and O–H groups in total. The highest BCUT2D eigenvalue weighted by Gasteiger charge is 2.61. The minimum Gasteiger partial charge on any atom is -0.461 e. The molecule has 1 saturated carbocycles. The second kappa shape index (κ2) is 5.39. The Balaban J connectivity index is 1.93. The van der Waals surface area contributed by atoms with E-state index >= 15 is 0 Å². The number of hydrogen-bond acceptors (Lipinski definition) is 2. The van der Waals surface area contributed by atoms with Gasteiger partial charge in [0.2, 0.25) is 0 Å². The van der Waals surface area contributed by atoms with Crippen LogP contribution in [-0.2, 0) is 16.1 Å². The Kier molecular flexibility index (Phi) is 3.98. The van der Waals surface area contributed by atoms with Crippen LogP contribution in [-0.4, -0.2) is 5.97 Å². The third-order valence-electron chi connectivity index (χ3n) is 3.97. The lowest BCUT2D eigenvalue weighted by Crippen LogP contribution is -2.10. The molecule has 0 radical (unpaired) electrons. The molecule has 2 atom stereocenters. The highest BCUT2D eigenvalue weighted by atomic mass is 19.1. The van der Waals surface area contributed by atoms with Crippen LogP contribution < -0.4 is 0 Å². The van der Waals surface area contributed by atoms with Crippen LogP contribution in [0.25, 0.3) is 0 Å². The molecule has 1 fully saturated rings. The van der Waals surface area contributed by atoms with E-state index in [0.29, 0.717) is 0 Å². The number of benzene rings is 1. The lowest BCUT2D eigenvalue weighted by molar-refractivity contribution is -0.147. The summed E-state index contributed by atoms with van der Waals surface area (Å²) in [7, 11) is 0. The molecule has 3 heteroatoms. The molecule has 0 saturated heterocycles. The van der Waals surface area contributed by atoms with Crippen LogP contribution in [0, 0.1) is 23.1 Å². The third kappa shape index (κ3) is 3.09. The fourth-order valence-electron chi connectivity index (χ4n) is 2.62. The second-order valence-corrected chi connectivity index (χ2v) is 6.30. The van der Waals surface area contributed by atoms with Crippen LogP contribution in [0.1, 0.15) is 33.3 Å². The molecule has 2 unspecified atom stereocenters. The number of ether oxygens (including phenoxy) is 1. The van der Waals surface area contributed by atoms with Gasteiger partial charge in [0.15, 0.2) is 0 Å². The van der Waals surface area contributed by atoms with Crippen molar-refractivity contribution in [1.29, 1.82) is 0 Å². The quantitative estimate of drug-likeness (QED) is 0.611. The van der Waals surface area contributed by atoms with E-state index in [9.17, 15) is 9.18 Å². The molecule has 1 aromatic carbocycles. The average molecular weight is 276 g/mol. The predicted molar refractivity (Wildman–Crippen MR) is 76.4 cm³/mol. The Labute approximate surface area is 119 Å². The van der Waals surface area contributed by atoms with E-state index in [4.69, 9.17) is 4.74 Å². The molecule has 0 aliphatic heterocycles. The summed E-state index contributed by atoms with van der Waals surface area (Å²) >= 11 is 0. The Morgan fingerprint density at radius 1 is 1.30 bits per heavy atom. The molecule has 0 bridgehead atoms. The molecule has 2 nitrogen and oxygen atoms in total. The van der Waals surface area contributed by atoms with Crippen molar-refractivity contribution < 1.29 is 13.9 Å². The molecule has 0 heterocycles. The van der Waals surface area contributed by atoms with Crippen LogP contribution >= 0.6 is 0 Å². The Hall–Kier alpha value is -1.64. The number of hydrogen-bond donors (Lipinski definition) is 0. The Morgan fingerprint density at radius 2 is 1.90 bits per heavy atom. The molecule has 2 rings (SSSR count). The van der Waals surface area contributed by atoms with Gasteiger partial charge in [0.1, 0.15) is 12.4 Å². The van der Waals surface area contributed by atoms with Crippen molar-refractivity contribution in [2.24, 2.45) is 17.3 Å². The largest absolute Gasteiger partial charge is 0.461 e. The van der Waals surface area contributed by atoms with Crippen molar-refractivity contribution in [1.82, 2.24) is 0 Å². The summed E-state index contributed by atoms with van der Waals surface area (Å²) in [5.74, 6) is -0.264.